The Kier molecular flexibility index (Phi) is 2.75. The summed E-state index contributed by atoms with van der Waals surface area (Å²) in [6.07, 6.45) is 1.94. The fourth-order valence-corrected chi connectivity index (χ4v) is 1.85. The standard InChI is InChI=1S/C12H13N3S/c1-8-7-10(3-4-11(8)12(13)16)15-6-5-9(2)14-15/h3-7H,1-2H3,(H2,13,16). The van der Waals surface area contributed by atoms with Crippen molar-refractivity contribution in [2.75, 3.05) is 0 Å². The van der Waals surface area contributed by atoms with E-state index < -0.39 is 0 Å². The predicted octanol–water partition coefficient (Wildman–Crippen LogP) is 2.12. The Bertz CT molecular complexity index is 543. The van der Waals surface area contributed by atoms with Crippen LogP contribution in [0.1, 0.15) is 16.8 Å². The topological polar surface area (TPSA) is 43.8 Å². The summed E-state index contributed by atoms with van der Waals surface area (Å²) in [6, 6.07) is 7.90. The van der Waals surface area contributed by atoms with Gasteiger partial charge in [0.2, 0.25) is 0 Å². The Morgan fingerprint density at radius 2 is 2.06 bits per heavy atom. The van der Waals surface area contributed by atoms with Crippen LogP contribution in [0, 0.1) is 13.8 Å². The van der Waals surface area contributed by atoms with Gasteiger partial charge < -0.3 is 5.73 Å². The maximum Gasteiger partial charge on any atom is 0.104 e. The first-order valence-electron chi connectivity index (χ1n) is 5.01. The molecule has 1 aromatic heterocycles. The zero-order chi connectivity index (χ0) is 11.7. The molecule has 0 bridgehead atoms. The number of hydrogen-bond acceptors (Lipinski definition) is 2. The molecule has 3 nitrogen and oxygen atoms in total. The van der Waals surface area contributed by atoms with Crippen LogP contribution >= 0.6 is 12.2 Å². The van der Waals surface area contributed by atoms with Gasteiger partial charge in [-0.3, -0.25) is 0 Å². The largest absolute Gasteiger partial charge is 0.389 e. The summed E-state index contributed by atoms with van der Waals surface area (Å²) in [7, 11) is 0. The van der Waals surface area contributed by atoms with E-state index in [2.05, 4.69) is 5.10 Å². The molecule has 2 aromatic rings. The molecule has 0 aliphatic heterocycles. The van der Waals surface area contributed by atoms with Crippen LogP contribution in [0.15, 0.2) is 30.5 Å². The molecule has 82 valence electrons. The van der Waals surface area contributed by atoms with Crippen molar-refractivity contribution in [2.24, 2.45) is 5.73 Å². The van der Waals surface area contributed by atoms with Crippen LogP contribution in [0.5, 0.6) is 0 Å². The lowest BCUT2D eigenvalue weighted by Crippen LogP contribution is -2.11. The number of benzene rings is 1. The number of nitrogens with zero attached hydrogens (tertiary/aromatic N) is 2. The molecule has 0 saturated carbocycles. The van der Waals surface area contributed by atoms with Gasteiger partial charge in [0.15, 0.2) is 0 Å². The summed E-state index contributed by atoms with van der Waals surface area (Å²) in [5.74, 6) is 0. The number of thiocarbonyl (C=S) groups is 1. The SMILES string of the molecule is Cc1ccn(-c2ccc(C(N)=S)c(C)c2)n1. The van der Waals surface area contributed by atoms with Crippen molar-refractivity contribution in [3.63, 3.8) is 0 Å². The highest BCUT2D eigenvalue weighted by Gasteiger charge is 2.04. The van der Waals surface area contributed by atoms with E-state index in [1.54, 1.807) is 0 Å². The number of aryl methyl sites for hydroxylation is 2. The van der Waals surface area contributed by atoms with Crippen molar-refractivity contribution >= 4 is 17.2 Å². The first kappa shape index (κ1) is 10.8. The third-order valence-corrected chi connectivity index (χ3v) is 2.68. The molecule has 4 heteroatoms. The van der Waals surface area contributed by atoms with Crippen molar-refractivity contribution in [3.05, 3.63) is 47.3 Å². The van der Waals surface area contributed by atoms with Crippen LogP contribution in [-0.4, -0.2) is 14.8 Å². The minimum Gasteiger partial charge on any atom is -0.389 e. The van der Waals surface area contributed by atoms with Gasteiger partial charge in [-0.05, 0) is 43.7 Å². The molecular formula is C12H13N3S. The Labute approximate surface area is 99.9 Å². The van der Waals surface area contributed by atoms with Crippen molar-refractivity contribution < 1.29 is 0 Å². The summed E-state index contributed by atoms with van der Waals surface area (Å²) >= 11 is 4.97. The smallest absolute Gasteiger partial charge is 0.104 e. The van der Waals surface area contributed by atoms with Crippen LogP contribution in [0.3, 0.4) is 0 Å². The number of nitrogens with two attached hydrogens (primary N) is 1. The lowest BCUT2D eigenvalue weighted by molar-refractivity contribution is 0.861. The maximum absolute atomic E-state index is 5.62. The molecule has 0 aliphatic carbocycles. The molecule has 0 aliphatic rings. The van der Waals surface area contributed by atoms with E-state index in [-0.39, 0.29) is 0 Å². The highest BCUT2D eigenvalue weighted by molar-refractivity contribution is 7.80. The van der Waals surface area contributed by atoms with E-state index in [1.165, 1.54) is 0 Å². The highest BCUT2D eigenvalue weighted by Crippen LogP contribution is 2.14. The second kappa shape index (κ2) is 4.06. The lowest BCUT2D eigenvalue weighted by Gasteiger charge is -2.07. The fraction of sp³-hybridized carbons (Fsp3) is 0.167. The van der Waals surface area contributed by atoms with Gasteiger partial charge in [0.05, 0.1) is 11.4 Å². The van der Waals surface area contributed by atoms with Gasteiger partial charge in [0, 0.05) is 11.8 Å². The highest BCUT2D eigenvalue weighted by atomic mass is 32.1. The normalized spacial score (nSPS) is 10.4. The first-order chi connectivity index (χ1) is 7.58. The Hall–Kier alpha value is -1.68. The zero-order valence-corrected chi connectivity index (χ0v) is 10.1. The summed E-state index contributed by atoms with van der Waals surface area (Å²) in [6.45, 7) is 3.96. The third-order valence-electron chi connectivity index (χ3n) is 2.46. The summed E-state index contributed by atoms with van der Waals surface area (Å²) in [4.78, 5) is 0.431. The minimum absolute atomic E-state index is 0.431. The van der Waals surface area contributed by atoms with Crippen LogP contribution in [0.4, 0.5) is 0 Å². The van der Waals surface area contributed by atoms with Crippen molar-refractivity contribution in [3.8, 4) is 5.69 Å². The molecule has 0 amide bonds. The maximum atomic E-state index is 5.62. The molecule has 1 heterocycles. The molecule has 0 fully saturated rings. The van der Waals surface area contributed by atoms with Gasteiger partial charge in [-0.15, -0.1) is 0 Å². The average Bonchev–Trinajstić information content (AvgIpc) is 2.64. The van der Waals surface area contributed by atoms with Gasteiger partial charge in [-0.25, -0.2) is 4.68 Å². The number of aromatic nitrogens is 2. The average molecular weight is 231 g/mol. The van der Waals surface area contributed by atoms with Gasteiger partial charge in [-0.1, -0.05) is 12.2 Å². The second-order valence-electron chi connectivity index (χ2n) is 3.77. The van der Waals surface area contributed by atoms with E-state index >= 15 is 0 Å². The van der Waals surface area contributed by atoms with E-state index in [1.807, 2.05) is 49.0 Å². The van der Waals surface area contributed by atoms with Crippen LogP contribution in [-0.2, 0) is 0 Å². The van der Waals surface area contributed by atoms with Gasteiger partial charge in [0.25, 0.3) is 0 Å². The van der Waals surface area contributed by atoms with Crippen LogP contribution < -0.4 is 5.73 Å². The molecule has 2 rings (SSSR count). The molecule has 16 heavy (non-hydrogen) atoms. The molecule has 0 atom stereocenters. The summed E-state index contributed by atoms with van der Waals surface area (Å²) in [5, 5.41) is 4.35. The third kappa shape index (κ3) is 1.97. The second-order valence-corrected chi connectivity index (χ2v) is 4.20. The Balaban J connectivity index is 2.45. The zero-order valence-electron chi connectivity index (χ0n) is 9.27. The van der Waals surface area contributed by atoms with Crippen molar-refractivity contribution in [1.29, 1.82) is 0 Å². The van der Waals surface area contributed by atoms with Crippen LogP contribution in [0.2, 0.25) is 0 Å². The number of rotatable bonds is 2. The van der Waals surface area contributed by atoms with E-state index in [0.717, 1.165) is 22.5 Å². The lowest BCUT2D eigenvalue weighted by atomic mass is 10.1. The first-order valence-corrected chi connectivity index (χ1v) is 5.42. The van der Waals surface area contributed by atoms with Crippen LogP contribution in [0.25, 0.3) is 5.69 Å². The molecule has 0 radical (unpaired) electrons. The monoisotopic (exact) mass is 231 g/mol. The Morgan fingerprint density at radius 1 is 1.31 bits per heavy atom. The Morgan fingerprint density at radius 3 is 2.56 bits per heavy atom. The van der Waals surface area contributed by atoms with E-state index in [9.17, 15) is 0 Å². The molecular weight excluding hydrogens is 218 g/mol. The predicted molar refractivity (Wildman–Crippen MR) is 68.9 cm³/mol. The number of hydrogen-bond donors (Lipinski definition) is 1. The van der Waals surface area contributed by atoms with Crippen molar-refractivity contribution in [1.82, 2.24) is 9.78 Å². The molecule has 1 aromatic carbocycles. The summed E-state index contributed by atoms with van der Waals surface area (Å²) < 4.78 is 1.84. The van der Waals surface area contributed by atoms with E-state index in [0.29, 0.717) is 4.99 Å². The molecule has 2 N–H and O–H groups in total. The van der Waals surface area contributed by atoms with Crippen molar-refractivity contribution in [2.45, 2.75) is 13.8 Å². The molecule has 0 unspecified atom stereocenters. The fourth-order valence-electron chi connectivity index (χ4n) is 1.63. The van der Waals surface area contributed by atoms with Gasteiger partial charge in [-0.2, -0.15) is 5.10 Å². The van der Waals surface area contributed by atoms with E-state index in [4.69, 9.17) is 18.0 Å². The summed E-state index contributed by atoms with van der Waals surface area (Å²) in [5.41, 5.74) is 9.62. The molecule has 0 spiro atoms. The quantitative estimate of drug-likeness (QED) is 0.805. The molecule has 0 saturated heterocycles. The van der Waals surface area contributed by atoms with Gasteiger partial charge >= 0.3 is 0 Å². The van der Waals surface area contributed by atoms with Gasteiger partial charge in [0.1, 0.15) is 4.99 Å². The minimum atomic E-state index is 0.431.